The lowest BCUT2D eigenvalue weighted by molar-refractivity contribution is -0.144. The van der Waals surface area contributed by atoms with Gasteiger partial charge in [-0.3, -0.25) is 9.48 Å². The summed E-state index contributed by atoms with van der Waals surface area (Å²) in [5, 5.41) is 4.38. The van der Waals surface area contributed by atoms with E-state index in [2.05, 4.69) is 10.1 Å². The van der Waals surface area contributed by atoms with Gasteiger partial charge in [-0.1, -0.05) is 6.07 Å². The first-order valence-electron chi connectivity index (χ1n) is 9.37. The summed E-state index contributed by atoms with van der Waals surface area (Å²) in [7, 11) is 5.17. The van der Waals surface area contributed by atoms with E-state index < -0.39 is 0 Å². The van der Waals surface area contributed by atoms with Crippen molar-refractivity contribution in [3.63, 3.8) is 0 Å². The van der Waals surface area contributed by atoms with Gasteiger partial charge in [0.1, 0.15) is 18.2 Å². The van der Waals surface area contributed by atoms with Crippen LogP contribution >= 0.6 is 0 Å². The van der Waals surface area contributed by atoms with E-state index in [4.69, 9.17) is 9.47 Å². The van der Waals surface area contributed by atoms with Gasteiger partial charge in [0.2, 0.25) is 0 Å². The third-order valence-electron chi connectivity index (χ3n) is 4.89. The van der Waals surface area contributed by atoms with Crippen LogP contribution in [-0.4, -0.2) is 32.4 Å². The van der Waals surface area contributed by atoms with E-state index in [1.165, 1.54) is 19.2 Å². The van der Waals surface area contributed by atoms with Gasteiger partial charge in [0.05, 0.1) is 42.3 Å². The number of rotatable bonds is 6. The van der Waals surface area contributed by atoms with Crippen LogP contribution < -0.4 is 4.74 Å². The molecule has 7 nitrogen and oxygen atoms in total. The number of aryl methyl sites for hydroxylation is 2. The second-order valence-electron chi connectivity index (χ2n) is 7.01. The number of carbonyl (C=O) groups is 1. The highest BCUT2D eigenvalue weighted by Gasteiger charge is 2.15. The highest BCUT2D eigenvalue weighted by molar-refractivity contribution is 5.76. The van der Waals surface area contributed by atoms with Gasteiger partial charge in [0, 0.05) is 25.7 Å². The molecule has 0 aliphatic carbocycles. The quantitative estimate of drug-likeness (QED) is 0.457. The summed E-state index contributed by atoms with van der Waals surface area (Å²) in [5.41, 5.74) is 4.71. The lowest BCUT2D eigenvalue weighted by Crippen LogP contribution is -2.08. The van der Waals surface area contributed by atoms with E-state index in [-0.39, 0.29) is 24.8 Å². The molecule has 2 heterocycles. The van der Waals surface area contributed by atoms with Gasteiger partial charge < -0.3 is 14.0 Å². The molecule has 0 N–H and O–H groups in total. The van der Waals surface area contributed by atoms with Crippen LogP contribution in [0, 0.1) is 5.82 Å². The molecule has 0 spiro atoms. The van der Waals surface area contributed by atoms with Crippen LogP contribution in [0.3, 0.4) is 0 Å². The molecule has 0 unspecified atom stereocenters. The lowest BCUT2D eigenvalue weighted by atomic mass is 10.1. The zero-order valence-electron chi connectivity index (χ0n) is 16.9. The summed E-state index contributed by atoms with van der Waals surface area (Å²) in [4.78, 5) is 16.6. The Morgan fingerprint density at radius 2 is 1.97 bits per heavy atom. The van der Waals surface area contributed by atoms with Gasteiger partial charge in [-0.15, -0.1) is 0 Å². The van der Waals surface area contributed by atoms with Gasteiger partial charge in [-0.05, 0) is 35.9 Å². The van der Waals surface area contributed by atoms with E-state index in [0.29, 0.717) is 17.0 Å². The first-order valence-corrected chi connectivity index (χ1v) is 9.37. The fraction of sp³-hybridized carbons (Fsp3) is 0.227. The van der Waals surface area contributed by atoms with Crippen LogP contribution in [0.25, 0.3) is 22.3 Å². The van der Waals surface area contributed by atoms with Crippen molar-refractivity contribution in [1.29, 1.82) is 0 Å². The van der Waals surface area contributed by atoms with Crippen molar-refractivity contribution in [3.8, 4) is 17.0 Å². The zero-order valence-corrected chi connectivity index (χ0v) is 16.9. The van der Waals surface area contributed by atoms with E-state index >= 15 is 0 Å². The molecule has 0 aliphatic heterocycles. The molecule has 0 saturated heterocycles. The van der Waals surface area contributed by atoms with Crippen molar-refractivity contribution in [2.45, 2.75) is 13.0 Å². The third kappa shape index (κ3) is 3.89. The Labute approximate surface area is 172 Å². The summed E-state index contributed by atoms with van der Waals surface area (Å²) in [5.74, 6) is -0.366. The Kier molecular flexibility index (Phi) is 5.22. The fourth-order valence-electron chi connectivity index (χ4n) is 3.38. The molecule has 0 atom stereocenters. The van der Waals surface area contributed by atoms with Crippen LogP contribution in [0.2, 0.25) is 0 Å². The Balaban J connectivity index is 1.44. The number of esters is 1. The second-order valence-corrected chi connectivity index (χ2v) is 7.01. The molecule has 0 saturated carbocycles. The van der Waals surface area contributed by atoms with Gasteiger partial charge in [-0.2, -0.15) is 5.10 Å². The second kappa shape index (κ2) is 7.98. The van der Waals surface area contributed by atoms with Gasteiger partial charge in [0.25, 0.3) is 0 Å². The molecule has 2 aromatic heterocycles. The summed E-state index contributed by atoms with van der Waals surface area (Å²) in [6.07, 6.45) is 1.78. The largest absolute Gasteiger partial charge is 0.496 e. The molecule has 0 radical (unpaired) electrons. The van der Waals surface area contributed by atoms with E-state index in [0.717, 1.165) is 22.3 Å². The van der Waals surface area contributed by atoms with Crippen molar-refractivity contribution in [1.82, 2.24) is 19.3 Å². The first-order chi connectivity index (χ1) is 14.4. The Hall–Kier alpha value is -3.68. The van der Waals surface area contributed by atoms with Gasteiger partial charge in [0.15, 0.2) is 0 Å². The maximum Gasteiger partial charge on any atom is 0.312 e. The topological polar surface area (TPSA) is 71.2 Å². The molecule has 4 rings (SSSR count). The number of ether oxygens (including phenoxy) is 2. The average Bonchev–Trinajstić information content (AvgIpc) is 3.28. The first kappa shape index (κ1) is 19.6. The number of methoxy groups -OCH3 is 1. The van der Waals surface area contributed by atoms with Crippen LogP contribution in [0.5, 0.6) is 5.75 Å². The zero-order chi connectivity index (χ0) is 21.3. The van der Waals surface area contributed by atoms with E-state index in [9.17, 15) is 9.18 Å². The van der Waals surface area contributed by atoms with Crippen LogP contribution in [0.15, 0.2) is 48.8 Å². The predicted molar refractivity (Wildman–Crippen MR) is 109 cm³/mol. The molecule has 8 heteroatoms. The van der Waals surface area contributed by atoms with Crippen molar-refractivity contribution in [2.24, 2.45) is 14.1 Å². The molecule has 154 valence electrons. The van der Waals surface area contributed by atoms with E-state index in [1.807, 2.05) is 29.8 Å². The molecule has 0 fully saturated rings. The molecule has 2 aromatic carbocycles. The fourth-order valence-corrected chi connectivity index (χ4v) is 3.38. The van der Waals surface area contributed by atoms with Crippen molar-refractivity contribution in [3.05, 3.63) is 65.9 Å². The normalized spacial score (nSPS) is 11.1. The minimum Gasteiger partial charge on any atom is -0.496 e. The number of imidazole rings is 1. The molecule has 30 heavy (non-hydrogen) atoms. The Morgan fingerprint density at radius 3 is 2.77 bits per heavy atom. The summed E-state index contributed by atoms with van der Waals surface area (Å²) in [6.45, 7) is 0.164. The van der Waals surface area contributed by atoms with Crippen LogP contribution in [-0.2, 0) is 36.7 Å². The minimum absolute atomic E-state index is 0.0309. The van der Waals surface area contributed by atoms with Crippen LogP contribution in [0.4, 0.5) is 4.39 Å². The maximum absolute atomic E-state index is 13.5. The summed E-state index contributed by atoms with van der Waals surface area (Å²) < 4.78 is 27.7. The number of carbonyl (C=O) groups excluding carboxylic acids is 1. The van der Waals surface area contributed by atoms with Gasteiger partial charge in [-0.25, -0.2) is 9.37 Å². The molecule has 0 bridgehead atoms. The number of halogens is 1. The predicted octanol–water partition coefficient (Wildman–Crippen LogP) is 3.41. The molecule has 0 aliphatic rings. The smallest absolute Gasteiger partial charge is 0.312 e. The number of aromatic nitrogens is 4. The number of benzene rings is 2. The van der Waals surface area contributed by atoms with E-state index in [1.54, 1.807) is 30.2 Å². The van der Waals surface area contributed by atoms with Crippen LogP contribution in [0.1, 0.15) is 11.3 Å². The Morgan fingerprint density at radius 1 is 1.13 bits per heavy atom. The highest BCUT2D eigenvalue weighted by Crippen LogP contribution is 2.30. The summed E-state index contributed by atoms with van der Waals surface area (Å²) >= 11 is 0. The Bertz CT molecular complexity index is 1230. The third-order valence-corrected chi connectivity index (χ3v) is 4.89. The van der Waals surface area contributed by atoms with Gasteiger partial charge >= 0.3 is 5.97 Å². The number of nitrogens with zero attached hydrogens (tertiary/aromatic N) is 4. The average molecular weight is 408 g/mol. The van der Waals surface area contributed by atoms with Crippen molar-refractivity contribution in [2.75, 3.05) is 7.11 Å². The SMILES string of the molecule is COc1cc(F)ccc1-c1cc(CC(=O)OCc2ccc3c(c2)ncn3C)nn1C. The van der Waals surface area contributed by atoms with Crippen molar-refractivity contribution >= 4 is 17.0 Å². The maximum atomic E-state index is 13.5. The molecular formula is C22H21FN4O3. The number of fused-ring (bicyclic) bond motifs is 1. The monoisotopic (exact) mass is 408 g/mol. The molecule has 0 amide bonds. The van der Waals surface area contributed by atoms with Crippen molar-refractivity contribution < 1.29 is 18.7 Å². The lowest BCUT2D eigenvalue weighted by Gasteiger charge is -2.08. The minimum atomic E-state index is -0.384. The summed E-state index contributed by atoms with van der Waals surface area (Å²) in [6, 6.07) is 11.8. The number of hydrogen-bond acceptors (Lipinski definition) is 5. The molecular weight excluding hydrogens is 387 g/mol. The molecule has 4 aromatic rings. The highest BCUT2D eigenvalue weighted by atomic mass is 19.1. The standard InChI is InChI=1S/C22H21FN4O3/c1-26-13-24-18-8-14(4-7-19(18)26)12-30-22(28)11-16-10-20(27(2)25-16)17-6-5-15(23)9-21(17)29-3/h4-10,13H,11-12H2,1-3H3. The number of hydrogen-bond donors (Lipinski definition) is 0.